The van der Waals surface area contributed by atoms with E-state index in [1.165, 1.54) is 19.1 Å². The van der Waals surface area contributed by atoms with Crippen LogP contribution in [0, 0.1) is 5.82 Å². The van der Waals surface area contributed by atoms with Crippen molar-refractivity contribution in [3.63, 3.8) is 0 Å². The van der Waals surface area contributed by atoms with Crippen LogP contribution in [0.2, 0.25) is 0 Å². The maximum absolute atomic E-state index is 13.7. The topological polar surface area (TPSA) is 63.2 Å². The van der Waals surface area contributed by atoms with Gasteiger partial charge in [0, 0.05) is 11.6 Å². The summed E-state index contributed by atoms with van der Waals surface area (Å²) in [5.41, 5.74) is 0.541. The van der Waals surface area contributed by atoms with Crippen LogP contribution in [0.25, 0.3) is 0 Å². The molecule has 1 aromatic carbocycles. The number of anilines is 1. The van der Waals surface area contributed by atoms with E-state index in [1.54, 1.807) is 0 Å². The summed E-state index contributed by atoms with van der Waals surface area (Å²) in [6, 6.07) is 3.90. The van der Waals surface area contributed by atoms with Gasteiger partial charge in [-0.3, -0.25) is 4.79 Å². The molecule has 2 rings (SSSR count). The smallest absolute Gasteiger partial charge is 0.159 e. The minimum atomic E-state index is -2.99. The van der Waals surface area contributed by atoms with Gasteiger partial charge in [-0.1, -0.05) is 0 Å². The number of nitrogens with one attached hydrogen (secondary N) is 1. The zero-order valence-electron chi connectivity index (χ0n) is 9.94. The van der Waals surface area contributed by atoms with Crippen LogP contribution in [-0.4, -0.2) is 31.7 Å². The first kappa shape index (κ1) is 13.0. The summed E-state index contributed by atoms with van der Waals surface area (Å²) < 4.78 is 36.3. The molecule has 98 valence electrons. The second-order valence-corrected chi connectivity index (χ2v) is 6.72. The third-order valence-electron chi connectivity index (χ3n) is 2.97. The lowest BCUT2D eigenvalue weighted by Gasteiger charge is -2.13. The average Bonchev–Trinajstić information content (AvgIpc) is 2.61. The number of Topliss-reactive ketones (excluding diaryl/α,β-unsaturated/α-hetero) is 1. The first-order valence-corrected chi connectivity index (χ1v) is 7.47. The molecule has 1 unspecified atom stereocenters. The van der Waals surface area contributed by atoms with E-state index in [4.69, 9.17) is 0 Å². The molecular weight excluding hydrogens is 257 g/mol. The predicted molar refractivity (Wildman–Crippen MR) is 67.1 cm³/mol. The van der Waals surface area contributed by atoms with Crippen molar-refractivity contribution >= 4 is 21.3 Å². The van der Waals surface area contributed by atoms with Crippen LogP contribution < -0.4 is 5.32 Å². The molecule has 4 nitrogen and oxygen atoms in total. The van der Waals surface area contributed by atoms with Gasteiger partial charge in [0.1, 0.15) is 5.82 Å². The second-order valence-electron chi connectivity index (χ2n) is 4.50. The van der Waals surface area contributed by atoms with Crippen molar-refractivity contribution in [3.05, 3.63) is 29.6 Å². The average molecular weight is 271 g/mol. The molecule has 1 saturated heterocycles. The van der Waals surface area contributed by atoms with E-state index in [2.05, 4.69) is 5.32 Å². The van der Waals surface area contributed by atoms with Crippen LogP contribution >= 0.6 is 0 Å². The van der Waals surface area contributed by atoms with Gasteiger partial charge < -0.3 is 5.32 Å². The van der Waals surface area contributed by atoms with Crippen molar-refractivity contribution < 1.29 is 17.6 Å². The highest BCUT2D eigenvalue weighted by Crippen LogP contribution is 2.21. The Morgan fingerprint density at radius 1 is 1.44 bits per heavy atom. The molecule has 0 saturated carbocycles. The Kier molecular flexibility index (Phi) is 3.38. The molecule has 1 atom stereocenters. The minimum Gasteiger partial charge on any atom is -0.379 e. The molecule has 0 radical (unpaired) electrons. The standard InChI is InChI=1S/C12H14FNO3S/c1-8(15)9-2-3-12(11(13)6-9)14-10-4-5-18(16,17)7-10/h2-3,6,10,14H,4-5,7H2,1H3. The normalized spacial score (nSPS) is 21.8. The van der Waals surface area contributed by atoms with Gasteiger partial charge in [-0.15, -0.1) is 0 Å². The molecule has 0 aliphatic carbocycles. The predicted octanol–water partition coefficient (Wildman–Crippen LogP) is 1.63. The Balaban J connectivity index is 2.13. The Labute approximate surface area is 105 Å². The molecule has 0 spiro atoms. The van der Waals surface area contributed by atoms with Gasteiger partial charge in [-0.2, -0.15) is 0 Å². The molecule has 0 amide bonds. The van der Waals surface area contributed by atoms with Crippen molar-refractivity contribution in [1.29, 1.82) is 0 Å². The van der Waals surface area contributed by atoms with Crippen molar-refractivity contribution in [1.82, 2.24) is 0 Å². The number of carbonyl (C=O) groups excluding carboxylic acids is 1. The van der Waals surface area contributed by atoms with Crippen molar-refractivity contribution in [2.24, 2.45) is 0 Å². The van der Waals surface area contributed by atoms with Gasteiger partial charge in [0.15, 0.2) is 15.6 Å². The third-order valence-corrected chi connectivity index (χ3v) is 4.74. The fourth-order valence-electron chi connectivity index (χ4n) is 1.98. The van der Waals surface area contributed by atoms with Crippen molar-refractivity contribution in [2.75, 3.05) is 16.8 Å². The molecule has 6 heteroatoms. The lowest BCUT2D eigenvalue weighted by Crippen LogP contribution is -2.21. The summed E-state index contributed by atoms with van der Waals surface area (Å²) >= 11 is 0. The molecule has 0 aromatic heterocycles. The molecule has 1 aliphatic heterocycles. The summed E-state index contributed by atoms with van der Waals surface area (Å²) in [5.74, 6) is -0.575. The van der Waals surface area contributed by atoms with Gasteiger partial charge in [0.25, 0.3) is 0 Å². The fraction of sp³-hybridized carbons (Fsp3) is 0.417. The van der Waals surface area contributed by atoms with Gasteiger partial charge >= 0.3 is 0 Å². The number of benzene rings is 1. The van der Waals surface area contributed by atoms with Gasteiger partial charge in [-0.05, 0) is 31.5 Å². The zero-order chi connectivity index (χ0) is 13.3. The van der Waals surface area contributed by atoms with Crippen LogP contribution in [0.4, 0.5) is 10.1 Å². The first-order chi connectivity index (χ1) is 8.37. The number of rotatable bonds is 3. The zero-order valence-corrected chi connectivity index (χ0v) is 10.8. The summed E-state index contributed by atoms with van der Waals surface area (Å²) in [6.45, 7) is 1.37. The quantitative estimate of drug-likeness (QED) is 0.849. The number of hydrogen-bond acceptors (Lipinski definition) is 4. The Bertz CT molecular complexity index is 583. The highest BCUT2D eigenvalue weighted by Gasteiger charge is 2.28. The minimum absolute atomic E-state index is 0.0287. The lowest BCUT2D eigenvalue weighted by molar-refractivity contribution is 0.101. The third kappa shape index (κ3) is 2.87. The van der Waals surface area contributed by atoms with E-state index in [0.29, 0.717) is 12.0 Å². The van der Waals surface area contributed by atoms with Crippen molar-refractivity contribution in [2.45, 2.75) is 19.4 Å². The molecule has 18 heavy (non-hydrogen) atoms. The maximum Gasteiger partial charge on any atom is 0.159 e. The molecule has 1 aromatic rings. The lowest BCUT2D eigenvalue weighted by atomic mass is 10.1. The Morgan fingerprint density at radius 3 is 2.67 bits per heavy atom. The number of halogens is 1. The van der Waals surface area contributed by atoms with Crippen molar-refractivity contribution in [3.8, 4) is 0 Å². The SMILES string of the molecule is CC(=O)c1ccc(NC2CCS(=O)(=O)C2)c(F)c1. The monoisotopic (exact) mass is 271 g/mol. The second kappa shape index (κ2) is 4.68. The highest BCUT2D eigenvalue weighted by atomic mass is 32.2. The Morgan fingerprint density at radius 2 is 2.17 bits per heavy atom. The van der Waals surface area contributed by atoms with Gasteiger partial charge in [-0.25, -0.2) is 12.8 Å². The first-order valence-electron chi connectivity index (χ1n) is 5.65. The highest BCUT2D eigenvalue weighted by molar-refractivity contribution is 7.91. The number of sulfone groups is 1. The van der Waals surface area contributed by atoms with E-state index in [9.17, 15) is 17.6 Å². The Hall–Kier alpha value is -1.43. The number of ketones is 1. The molecule has 1 N–H and O–H groups in total. The fourth-order valence-corrected chi connectivity index (χ4v) is 3.65. The van der Waals surface area contributed by atoms with Gasteiger partial charge in [0.2, 0.25) is 0 Å². The van der Waals surface area contributed by atoms with Crippen LogP contribution in [0.1, 0.15) is 23.7 Å². The molecule has 1 aliphatic rings. The van der Waals surface area contributed by atoms with E-state index >= 15 is 0 Å². The van der Waals surface area contributed by atoms with E-state index in [0.717, 1.165) is 6.07 Å². The maximum atomic E-state index is 13.7. The van der Waals surface area contributed by atoms with Crippen LogP contribution in [0.5, 0.6) is 0 Å². The van der Waals surface area contributed by atoms with E-state index < -0.39 is 15.7 Å². The number of hydrogen-bond donors (Lipinski definition) is 1. The number of carbonyl (C=O) groups is 1. The summed E-state index contributed by atoms with van der Waals surface area (Å²) in [7, 11) is -2.99. The molecule has 1 heterocycles. The van der Waals surface area contributed by atoms with Crippen LogP contribution in [0.15, 0.2) is 18.2 Å². The van der Waals surface area contributed by atoms with E-state index in [-0.39, 0.29) is 29.0 Å². The largest absolute Gasteiger partial charge is 0.379 e. The van der Waals surface area contributed by atoms with E-state index in [1.807, 2.05) is 0 Å². The molecular formula is C12H14FNO3S. The van der Waals surface area contributed by atoms with Crippen LogP contribution in [-0.2, 0) is 9.84 Å². The summed E-state index contributed by atoms with van der Waals surface area (Å²) in [4.78, 5) is 11.1. The molecule has 0 bridgehead atoms. The molecule has 1 fully saturated rings. The van der Waals surface area contributed by atoms with Crippen LogP contribution in [0.3, 0.4) is 0 Å². The summed E-state index contributed by atoms with van der Waals surface area (Å²) in [6.07, 6.45) is 0.482. The summed E-state index contributed by atoms with van der Waals surface area (Å²) in [5, 5.41) is 2.87. The van der Waals surface area contributed by atoms with Gasteiger partial charge in [0.05, 0.1) is 17.2 Å².